The Bertz CT molecular complexity index is 934. The molecule has 0 aliphatic heterocycles. The summed E-state index contributed by atoms with van der Waals surface area (Å²) in [5.74, 6) is 0.702. The van der Waals surface area contributed by atoms with Gasteiger partial charge in [0.25, 0.3) is 5.91 Å². The maximum absolute atomic E-state index is 12.7. The molecular formula is C20H16N4O2. The van der Waals surface area contributed by atoms with Crippen LogP contribution >= 0.6 is 0 Å². The first-order valence-corrected chi connectivity index (χ1v) is 8.07. The molecule has 2 aromatic heterocycles. The number of rotatable bonds is 5. The summed E-state index contributed by atoms with van der Waals surface area (Å²) in [5.41, 5.74) is 1.69. The van der Waals surface area contributed by atoms with Gasteiger partial charge in [-0.15, -0.1) is 0 Å². The van der Waals surface area contributed by atoms with Gasteiger partial charge < -0.3 is 9.64 Å². The Morgan fingerprint density at radius 3 is 2.73 bits per heavy atom. The highest BCUT2D eigenvalue weighted by Crippen LogP contribution is 2.21. The van der Waals surface area contributed by atoms with E-state index in [2.05, 4.69) is 16.0 Å². The van der Waals surface area contributed by atoms with Gasteiger partial charge in [0.1, 0.15) is 5.75 Å². The summed E-state index contributed by atoms with van der Waals surface area (Å²) in [4.78, 5) is 22.6. The number of anilines is 1. The second-order valence-corrected chi connectivity index (χ2v) is 5.39. The smallest absolute Gasteiger partial charge is 0.259 e. The minimum absolute atomic E-state index is 0.161. The largest absolute Gasteiger partial charge is 0.439 e. The second-order valence-electron chi connectivity index (χ2n) is 5.39. The Morgan fingerprint density at radius 2 is 2.08 bits per heavy atom. The number of carbonyl (C=O) groups excluding carboxylic acids is 1. The molecule has 0 N–H and O–H groups in total. The molecule has 3 aromatic rings. The lowest BCUT2D eigenvalue weighted by atomic mass is 10.2. The second kappa shape index (κ2) is 7.90. The van der Waals surface area contributed by atoms with E-state index in [1.807, 2.05) is 13.0 Å². The summed E-state index contributed by atoms with van der Waals surface area (Å²) in [6.45, 7) is 2.42. The average molecular weight is 344 g/mol. The van der Waals surface area contributed by atoms with E-state index >= 15 is 0 Å². The molecule has 0 aliphatic rings. The summed E-state index contributed by atoms with van der Waals surface area (Å²) < 4.78 is 5.63. The van der Waals surface area contributed by atoms with Gasteiger partial charge in [-0.2, -0.15) is 5.26 Å². The van der Waals surface area contributed by atoms with E-state index in [1.54, 1.807) is 59.8 Å². The summed E-state index contributed by atoms with van der Waals surface area (Å²) in [7, 11) is 0. The van der Waals surface area contributed by atoms with Crippen molar-refractivity contribution in [2.24, 2.45) is 0 Å². The number of aromatic nitrogens is 2. The van der Waals surface area contributed by atoms with Crippen molar-refractivity contribution >= 4 is 11.6 Å². The third-order valence-corrected chi connectivity index (χ3v) is 3.69. The lowest BCUT2D eigenvalue weighted by Crippen LogP contribution is -2.30. The normalized spacial score (nSPS) is 10.0. The third kappa shape index (κ3) is 3.84. The molecule has 128 valence electrons. The van der Waals surface area contributed by atoms with Gasteiger partial charge in [0.05, 0.1) is 29.1 Å². The molecule has 0 atom stereocenters. The molecule has 0 saturated carbocycles. The van der Waals surface area contributed by atoms with Crippen molar-refractivity contribution in [3.8, 4) is 17.7 Å². The van der Waals surface area contributed by atoms with Crippen LogP contribution in [0.15, 0.2) is 67.1 Å². The molecule has 1 aromatic carbocycles. The minimum atomic E-state index is -0.161. The van der Waals surface area contributed by atoms with Crippen LogP contribution in [0.3, 0.4) is 0 Å². The summed E-state index contributed by atoms with van der Waals surface area (Å²) >= 11 is 0. The molecule has 0 aliphatic carbocycles. The predicted molar refractivity (Wildman–Crippen MR) is 97.1 cm³/mol. The highest BCUT2D eigenvalue weighted by molar-refractivity contribution is 6.05. The molecule has 0 radical (unpaired) electrons. The Morgan fingerprint density at radius 1 is 1.19 bits per heavy atom. The van der Waals surface area contributed by atoms with E-state index in [4.69, 9.17) is 10.00 Å². The van der Waals surface area contributed by atoms with Crippen molar-refractivity contribution in [2.45, 2.75) is 6.92 Å². The van der Waals surface area contributed by atoms with Gasteiger partial charge >= 0.3 is 0 Å². The van der Waals surface area contributed by atoms with Gasteiger partial charge in [0.2, 0.25) is 5.88 Å². The third-order valence-electron chi connectivity index (χ3n) is 3.69. The summed E-state index contributed by atoms with van der Waals surface area (Å²) in [6, 6.07) is 15.8. The average Bonchev–Trinajstić information content (AvgIpc) is 2.70. The van der Waals surface area contributed by atoms with Crippen LogP contribution in [0.25, 0.3) is 0 Å². The number of nitrogens with zero attached hydrogens (tertiary/aromatic N) is 4. The molecule has 26 heavy (non-hydrogen) atoms. The first-order valence-electron chi connectivity index (χ1n) is 8.07. The van der Waals surface area contributed by atoms with Crippen LogP contribution in [0.5, 0.6) is 11.6 Å². The number of hydrogen-bond donors (Lipinski definition) is 0. The van der Waals surface area contributed by atoms with Crippen molar-refractivity contribution in [2.75, 3.05) is 11.4 Å². The quantitative estimate of drug-likeness (QED) is 0.703. The number of ether oxygens (including phenoxy) is 1. The molecule has 3 rings (SSSR count). The Balaban J connectivity index is 1.76. The van der Waals surface area contributed by atoms with Crippen molar-refractivity contribution in [3.63, 3.8) is 0 Å². The van der Waals surface area contributed by atoms with Gasteiger partial charge in [-0.1, -0.05) is 6.07 Å². The predicted octanol–water partition coefficient (Wildman–Crippen LogP) is 3.81. The van der Waals surface area contributed by atoms with Crippen molar-refractivity contribution in [3.05, 3.63) is 78.2 Å². The highest BCUT2D eigenvalue weighted by atomic mass is 16.5. The van der Waals surface area contributed by atoms with Crippen LogP contribution in [-0.2, 0) is 0 Å². The Hall–Kier alpha value is -3.72. The topological polar surface area (TPSA) is 79.1 Å². The fraction of sp³-hybridized carbons (Fsp3) is 0.100. The molecular weight excluding hydrogens is 328 g/mol. The lowest BCUT2D eigenvalue weighted by molar-refractivity contribution is 0.0988. The fourth-order valence-corrected chi connectivity index (χ4v) is 2.43. The summed E-state index contributed by atoms with van der Waals surface area (Å²) in [6.07, 6.45) is 4.79. The summed E-state index contributed by atoms with van der Waals surface area (Å²) in [5, 5.41) is 8.93. The van der Waals surface area contributed by atoms with Crippen LogP contribution in [0.1, 0.15) is 22.8 Å². The van der Waals surface area contributed by atoms with Gasteiger partial charge in [0.15, 0.2) is 0 Å². The number of amides is 1. The van der Waals surface area contributed by atoms with Crippen molar-refractivity contribution in [1.29, 1.82) is 5.26 Å². The van der Waals surface area contributed by atoms with Gasteiger partial charge in [0, 0.05) is 25.0 Å². The van der Waals surface area contributed by atoms with E-state index in [0.29, 0.717) is 29.3 Å². The molecule has 0 fully saturated rings. The first-order chi connectivity index (χ1) is 12.7. The number of benzene rings is 1. The number of nitriles is 1. The monoisotopic (exact) mass is 344 g/mol. The zero-order valence-electron chi connectivity index (χ0n) is 14.2. The van der Waals surface area contributed by atoms with E-state index in [-0.39, 0.29) is 5.91 Å². The van der Waals surface area contributed by atoms with Gasteiger partial charge in [-0.05, 0) is 43.3 Å². The van der Waals surface area contributed by atoms with Crippen LogP contribution in [0.2, 0.25) is 0 Å². The van der Waals surface area contributed by atoms with E-state index in [1.165, 1.54) is 6.20 Å². The van der Waals surface area contributed by atoms with Gasteiger partial charge in [-0.25, -0.2) is 4.98 Å². The maximum atomic E-state index is 12.7. The van der Waals surface area contributed by atoms with Crippen molar-refractivity contribution in [1.82, 2.24) is 9.97 Å². The Kier molecular flexibility index (Phi) is 5.20. The zero-order chi connectivity index (χ0) is 18.4. The molecule has 0 bridgehead atoms. The highest BCUT2D eigenvalue weighted by Gasteiger charge is 2.16. The number of hydrogen-bond acceptors (Lipinski definition) is 5. The standard InChI is InChI=1S/C20H16N4O2/c1-2-24(17-6-4-10-22-14-17)20(25)16-8-9-19(23-13-16)26-18-7-3-5-15(11-18)12-21/h3-11,13-14H,2H2,1H3. The number of pyridine rings is 2. The van der Waals surface area contributed by atoms with Crippen molar-refractivity contribution < 1.29 is 9.53 Å². The zero-order valence-corrected chi connectivity index (χ0v) is 14.2. The van der Waals surface area contributed by atoms with Crippen LogP contribution in [-0.4, -0.2) is 22.4 Å². The molecule has 0 saturated heterocycles. The molecule has 0 unspecified atom stereocenters. The molecule has 0 spiro atoms. The van der Waals surface area contributed by atoms with E-state index < -0.39 is 0 Å². The van der Waals surface area contributed by atoms with Crippen LogP contribution < -0.4 is 9.64 Å². The Labute approximate surface area is 151 Å². The fourth-order valence-electron chi connectivity index (χ4n) is 2.43. The lowest BCUT2D eigenvalue weighted by Gasteiger charge is -2.20. The number of carbonyl (C=O) groups is 1. The van der Waals surface area contributed by atoms with E-state index in [9.17, 15) is 4.79 Å². The molecule has 6 nitrogen and oxygen atoms in total. The SMILES string of the molecule is CCN(C(=O)c1ccc(Oc2cccc(C#N)c2)nc1)c1cccnc1. The molecule has 1 amide bonds. The first kappa shape index (κ1) is 17.1. The minimum Gasteiger partial charge on any atom is -0.439 e. The molecule has 6 heteroatoms. The maximum Gasteiger partial charge on any atom is 0.259 e. The molecule has 2 heterocycles. The van der Waals surface area contributed by atoms with Crippen LogP contribution in [0.4, 0.5) is 5.69 Å². The van der Waals surface area contributed by atoms with Crippen LogP contribution in [0, 0.1) is 11.3 Å². The van der Waals surface area contributed by atoms with E-state index in [0.717, 1.165) is 5.69 Å². The van der Waals surface area contributed by atoms with Gasteiger partial charge in [-0.3, -0.25) is 9.78 Å².